The molecule has 0 saturated carbocycles. The summed E-state index contributed by atoms with van der Waals surface area (Å²) in [4.78, 5) is 20.7. The fourth-order valence-corrected chi connectivity index (χ4v) is 2.85. The molecule has 0 saturated heterocycles. The monoisotopic (exact) mass is 383 g/mol. The summed E-state index contributed by atoms with van der Waals surface area (Å²) in [6.45, 7) is 2.30. The highest BCUT2D eigenvalue weighted by Gasteiger charge is 2.19. The summed E-state index contributed by atoms with van der Waals surface area (Å²) in [6.07, 6.45) is 0. The van der Waals surface area contributed by atoms with Gasteiger partial charge in [-0.2, -0.15) is 0 Å². The normalized spacial score (nSPS) is 10.7. The molecular formula is C20H22ClN5O. The predicted octanol–water partition coefficient (Wildman–Crippen LogP) is 3.57. The Bertz CT molecular complexity index is 932. The lowest BCUT2D eigenvalue weighted by molar-refractivity contribution is 0.0773. The molecule has 0 bridgehead atoms. The molecule has 140 valence electrons. The van der Waals surface area contributed by atoms with E-state index in [0.29, 0.717) is 17.4 Å². The number of nitrogens with zero attached hydrogens (tertiary/aromatic N) is 5. The van der Waals surface area contributed by atoms with Crippen LogP contribution in [0.2, 0.25) is 5.02 Å². The van der Waals surface area contributed by atoms with Crippen LogP contribution in [-0.4, -0.2) is 46.7 Å². The van der Waals surface area contributed by atoms with Gasteiger partial charge in [-0.15, -0.1) is 5.10 Å². The summed E-state index contributed by atoms with van der Waals surface area (Å²) in [5, 5.41) is 5.02. The fourth-order valence-electron chi connectivity index (χ4n) is 2.72. The number of amides is 1. The van der Waals surface area contributed by atoms with Crippen molar-refractivity contribution in [2.45, 2.75) is 13.5 Å². The van der Waals surface area contributed by atoms with E-state index in [1.807, 2.05) is 62.3 Å². The zero-order chi connectivity index (χ0) is 19.6. The molecule has 0 fully saturated rings. The molecule has 0 N–H and O–H groups in total. The van der Waals surface area contributed by atoms with Crippen LogP contribution in [0.15, 0.2) is 48.5 Å². The molecule has 0 radical (unpaired) electrons. The van der Waals surface area contributed by atoms with Crippen molar-refractivity contribution in [1.82, 2.24) is 19.7 Å². The Balaban J connectivity index is 1.75. The van der Waals surface area contributed by atoms with Gasteiger partial charge in [-0.25, -0.2) is 9.67 Å². The molecule has 7 heteroatoms. The third-order valence-corrected chi connectivity index (χ3v) is 4.50. The maximum atomic E-state index is 12.7. The third-order valence-electron chi connectivity index (χ3n) is 4.25. The average molecular weight is 384 g/mol. The summed E-state index contributed by atoms with van der Waals surface area (Å²) < 4.78 is 1.64. The molecule has 3 rings (SSSR count). The Labute approximate surface area is 164 Å². The van der Waals surface area contributed by atoms with Crippen LogP contribution < -0.4 is 4.90 Å². The molecule has 6 nitrogen and oxygen atoms in total. The van der Waals surface area contributed by atoms with Crippen molar-refractivity contribution < 1.29 is 4.79 Å². The molecule has 1 amide bonds. The Morgan fingerprint density at radius 3 is 2.26 bits per heavy atom. The summed E-state index contributed by atoms with van der Waals surface area (Å²) >= 11 is 5.93. The lowest BCUT2D eigenvalue weighted by atomic mass is 10.2. The molecular weight excluding hydrogens is 362 g/mol. The van der Waals surface area contributed by atoms with E-state index in [2.05, 4.69) is 10.1 Å². The highest BCUT2D eigenvalue weighted by Crippen LogP contribution is 2.16. The van der Waals surface area contributed by atoms with Crippen molar-refractivity contribution in [3.63, 3.8) is 0 Å². The van der Waals surface area contributed by atoms with Gasteiger partial charge in [0.1, 0.15) is 5.82 Å². The van der Waals surface area contributed by atoms with Crippen LogP contribution in [0.1, 0.15) is 22.0 Å². The van der Waals surface area contributed by atoms with E-state index in [-0.39, 0.29) is 11.7 Å². The van der Waals surface area contributed by atoms with Crippen LogP contribution in [-0.2, 0) is 6.54 Å². The summed E-state index contributed by atoms with van der Waals surface area (Å²) in [6, 6.07) is 15.3. The summed E-state index contributed by atoms with van der Waals surface area (Å²) in [7, 11) is 5.74. The number of carbonyl (C=O) groups excluding carboxylic acids is 1. The van der Waals surface area contributed by atoms with Crippen LogP contribution >= 0.6 is 11.6 Å². The first-order chi connectivity index (χ1) is 12.8. The molecule has 0 unspecified atom stereocenters. The molecule has 0 aliphatic carbocycles. The minimum absolute atomic E-state index is 0.176. The Kier molecular flexibility index (Phi) is 5.46. The first-order valence-corrected chi connectivity index (χ1v) is 8.94. The Morgan fingerprint density at radius 1 is 1.04 bits per heavy atom. The lowest BCUT2D eigenvalue weighted by Gasteiger charge is -2.17. The fraction of sp³-hybridized carbons (Fsp3) is 0.250. The molecule has 0 aliphatic rings. The van der Waals surface area contributed by atoms with Gasteiger partial charge < -0.3 is 9.80 Å². The molecule has 2 aromatic carbocycles. The predicted molar refractivity (Wildman–Crippen MR) is 108 cm³/mol. The van der Waals surface area contributed by atoms with E-state index in [4.69, 9.17) is 11.6 Å². The van der Waals surface area contributed by atoms with E-state index in [1.165, 1.54) is 0 Å². The van der Waals surface area contributed by atoms with Crippen molar-refractivity contribution in [1.29, 1.82) is 0 Å². The number of carbonyl (C=O) groups is 1. The van der Waals surface area contributed by atoms with Gasteiger partial charge in [0.05, 0.1) is 5.69 Å². The van der Waals surface area contributed by atoms with Gasteiger partial charge in [-0.3, -0.25) is 4.79 Å². The van der Waals surface area contributed by atoms with E-state index >= 15 is 0 Å². The van der Waals surface area contributed by atoms with Crippen molar-refractivity contribution in [3.8, 4) is 5.69 Å². The Hall–Kier alpha value is -2.86. The van der Waals surface area contributed by atoms with Crippen molar-refractivity contribution >= 4 is 23.2 Å². The third kappa shape index (κ3) is 4.28. The van der Waals surface area contributed by atoms with Gasteiger partial charge in [-0.05, 0) is 48.9 Å². The first kappa shape index (κ1) is 18.9. The second-order valence-corrected chi connectivity index (χ2v) is 7.03. The van der Waals surface area contributed by atoms with Crippen LogP contribution in [0.3, 0.4) is 0 Å². The van der Waals surface area contributed by atoms with E-state index in [0.717, 1.165) is 16.9 Å². The number of aromatic nitrogens is 3. The molecule has 1 aromatic heterocycles. The van der Waals surface area contributed by atoms with Crippen molar-refractivity contribution in [3.05, 3.63) is 70.8 Å². The number of halogens is 1. The zero-order valence-electron chi connectivity index (χ0n) is 15.8. The number of rotatable bonds is 5. The molecule has 0 aliphatic heterocycles. The Morgan fingerprint density at radius 2 is 1.67 bits per heavy atom. The van der Waals surface area contributed by atoms with Crippen molar-refractivity contribution in [2.24, 2.45) is 0 Å². The summed E-state index contributed by atoms with van der Waals surface area (Å²) in [5.41, 5.74) is 2.97. The average Bonchev–Trinajstić information content (AvgIpc) is 3.03. The summed E-state index contributed by atoms with van der Waals surface area (Å²) in [5.74, 6) is 0.599. The highest BCUT2D eigenvalue weighted by molar-refractivity contribution is 6.30. The van der Waals surface area contributed by atoms with E-state index in [9.17, 15) is 4.79 Å². The van der Waals surface area contributed by atoms with Crippen LogP contribution in [0, 0.1) is 6.92 Å². The topological polar surface area (TPSA) is 54.3 Å². The molecule has 27 heavy (non-hydrogen) atoms. The maximum absolute atomic E-state index is 12.7. The molecule has 0 spiro atoms. The maximum Gasteiger partial charge on any atom is 0.293 e. The van der Waals surface area contributed by atoms with Gasteiger partial charge in [0, 0.05) is 38.4 Å². The standard InChI is InChI=1S/C20H22ClN5O/c1-14-22-19(23-26(14)18-11-7-16(21)8-12-18)20(27)25(4)13-15-5-9-17(10-6-15)24(2)3/h5-12H,13H2,1-4H3. The highest BCUT2D eigenvalue weighted by atomic mass is 35.5. The number of aryl methyl sites for hydroxylation is 1. The zero-order valence-corrected chi connectivity index (χ0v) is 16.6. The number of hydrogen-bond acceptors (Lipinski definition) is 4. The molecule has 3 aromatic rings. The quantitative estimate of drug-likeness (QED) is 0.676. The van der Waals surface area contributed by atoms with Gasteiger partial charge in [-0.1, -0.05) is 23.7 Å². The number of benzene rings is 2. The van der Waals surface area contributed by atoms with Crippen LogP contribution in [0.4, 0.5) is 5.69 Å². The van der Waals surface area contributed by atoms with Gasteiger partial charge in [0.15, 0.2) is 0 Å². The van der Waals surface area contributed by atoms with Crippen LogP contribution in [0.5, 0.6) is 0 Å². The van der Waals surface area contributed by atoms with Crippen molar-refractivity contribution in [2.75, 3.05) is 26.0 Å². The number of anilines is 1. The van der Waals surface area contributed by atoms with Gasteiger partial charge >= 0.3 is 0 Å². The molecule has 0 atom stereocenters. The number of hydrogen-bond donors (Lipinski definition) is 0. The lowest BCUT2D eigenvalue weighted by Crippen LogP contribution is -2.27. The minimum Gasteiger partial charge on any atom is -0.378 e. The van der Waals surface area contributed by atoms with Crippen LogP contribution in [0.25, 0.3) is 5.69 Å². The second-order valence-electron chi connectivity index (χ2n) is 6.59. The smallest absolute Gasteiger partial charge is 0.293 e. The first-order valence-electron chi connectivity index (χ1n) is 8.56. The van der Waals surface area contributed by atoms with Gasteiger partial charge in [0.2, 0.25) is 5.82 Å². The van der Waals surface area contributed by atoms with Gasteiger partial charge in [0.25, 0.3) is 5.91 Å². The second kappa shape index (κ2) is 7.80. The van der Waals surface area contributed by atoms with E-state index < -0.39 is 0 Å². The molecule has 1 heterocycles. The minimum atomic E-state index is -0.220. The largest absolute Gasteiger partial charge is 0.378 e. The van der Waals surface area contributed by atoms with E-state index in [1.54, 1.807) is 28.8 Å². The SMILES string of the molecule is Cc1nc(C(=O)N(C)Cc2ccc(N(C)C)cc2)nn1-c1ccc(Cl)cc1.